The molecule has 6 heteroatoms. The van der Waals surface area contributed by atoms with Gasteiger partial charge in [0.25, 0.3) is 0 Å². The van der Waals surface area contributed by atoms with Crippen molar-refractivity contribution in [3.05, 3.63) is 54.1 Å². The third-order valence-electron chi connectivity index (χ3n) is 5.70. The summed E-state index contributed by atoms with van der Waals surface area (Å²) in [6.45, 7) is 2.13. The minimum atomic E-state index is -0.309. The predicted molar refractivity (Wildman–Crippen MR) is 102 cm³/mol. The topological polar surface area (TPSA) is 69.3 Å². The van der Waals surface area contributed by atoms with Crippen LogP contribution in [0.15, 0.2) is 42.7 Å². The molecule has 2 aromatic rings. The Morgan fingerprint density at radius 1 is 1.11 bits per heavy atom. The quantitative estimate of drug-likeness (QED) is 0.903. The average Bonchev–Trinajstić information content (AvgIpc) is 3.40. The van der Waals surface area contributed by atoms with E-state index in [1.54, 1.807) is 11.1 Å². The van der Waals surface area contributed by atoms with Gasteiger partial charge in [-0.3, -0.25) is 9.59 Å². The number of hydrogen-bond acceptors (Lipinski definition) is 3. The molecule has 0 radical (unpaired) electrons. The van der Waals surface area contributed by atoms with Gasteiger partial charge in [-0.1, -0.05) is 30.3 Å². The van der Waals surface area contributed by atoms with E-state index in [0.29, 0.717) is 19.5 Å². The van der Waals surface area contributed by atoms with Gasteiger partial charge in [0.05, 0.1) is 6.42 Å². The third kappa shape index (κ3) is 3.89. The number of benzene rings is 1. The van der Waals surface area contributed by atoms with Gasteiger partial charge in [-0.2, -0.15) is 0 Å². The minimum Gasteiger partial charge on any atom is -0.348 e. The molecule has 4 rings (SSSR count). The molecular formula is C21H26N4O2. The van der Waals surface area contributed by atoms with Crippen molar-refractivity contribution in [2.24, 2.45) is 0 Å². The predicted octanol–water partition coefficient (Wildman–Crippen LogP) is 2.35. The van der Waals surface area contributed by atoms with E-state index in [2.05, 4.69) is 9.97 Å². The number of H-pyrrole nitrogens is 1. The van der Waals surface area contributed by atoms with E-state index < -0.39 is 0 Å². The number of aromatic amines is 1. The molecule has 0 spiro atoms. The van der Waals surface area contributed by atoms with Crippen molar-refractivity contribution in [3.63, 3.8) is 0 Å². The molecule has 2 aliphatic rings. The number of carbonyl (C=O) groups is 2. The number of aromatic nitrogens is 2. The molecule has 3 heterocycles. The van der Waals surface area contributed by atoms with E-state index in [4.69, 9.17) is 0 Å². The van der Waals surface area contributed by atoms with Crippen molar-refractivity contribution in [2.75, 3.05) is 19.6 Å². The van der Waals surface area contributed by atoms with E-state index in [-0.39, 0.29) is 23.8 Å². The Morgan fingerprint density at radius 2 is 1.93 bits per heavy atom. The molecule has 27 heavy (non-hydrogen) atoms. The van der Waals surface area contributed by atoms with Crippen LogP contribution in [0.3, 0.4) is 0 Å². The number of carbonyl (C=O) groups excluding carboxylic acids is 2. The number of likely N-dealkylation sites (tertiary alicyclic amines) is 2. The lowest BCUT2D eigenvalue weighted by Crippen LogP contribution is -2.50. The van der Waals surface area contributed by atoms with E-state index in [0.717, 1.165) is 43.6 Å². The summed E-state index contributed by atoms with van der Waals surface area (Å²) in [4.78, 5) is 37.3. The highest BCUT2D eigenvalue weighted by Gasteiger charge is 2.38. The Labute approximate surface area is 159 Å². The number of nitrogens with one attached hydrogen (secondary N) is 1. The second-order valence-corrected chi connectivity index (χ2v) is 7.51. The molecule has 1 aromatic heterocycles. The van der Waals surface area contributed by atoms with Crippen molar-refractivity contribution in [1.29, 1.82) is 0 Å². The summed E-state index contributed by atoms with van der Waals surface area (Å²) in [6, 6.07) is 9.45. The number of amides is 2. The summed E-state index contributed by atoms with van der Waals surface area (Å²) in [7, 11) is 0. The van der Waals surface area contributed by atoms with Crippen LogP contribution in [0.25, 0.3) is 0 Å². The monoisotopic (exact) mass is 366 g/mol. The Hall–Kier alpha value is -2.63. The summed E-state index contributed by atoms with van der Waals surface area (Å²) in [5.41, 5.74) is 0.997. The SMILES string of the molecule is O=C(C1CCCN1C(=O)Cc1ccccc1)N1CCCC(c2ncc[nH]2)C1. The van der Waals surface area contributed by atoms with E-state index in [9.17, 15) is 9.59 Å². The van der Waals surface area contributed by atoms with Gasteiger partial charge >= 0.3 is 0 Å². The Balaban J connectivity index is 1.42. The van der Waals surface area contributed by atoms with Crippen molar-refractivity contribution >= 4 is 11.8 Å². The van der Waals surface area contributed by atoms with Gasteiger partial charge in [0.15, 0.2) is 0 Å². The zero-order chi connectivity index (χ0) is 18.6. The molecule has 6 nitrogen and oxygen atoms in total. The van der Waals surface area contributed by atoms with Gasteiger partial charge in [0.2, 0.25) is 11.8 Å². The first kappa shape index (κ1) is 17.8. The van der Waals surface area contributed by atoms with Crippen LogP contribution in [-0.4, -0.2) is 57.3 Å². The van der Waals surface area contributed by atoms with Gasteiger partial charge in [-0.05, 0) is 31.2 Å². The normalized spacial score (nSPS) is 22.8. The van der Waals surface area contributed by atoms with Crippen LogP contribution in [0.1, 0.15) is 43.0 Å². The number of hydrogen-bond donors (Lipinski definition) is 1. The lowest BCUT2D eigenvalue weighted by molar-refractivity contribution is -0.144. The molecule has 2 saturated heterocycles. The summed E-state index contributed by atoms with van der Waals surface area (Å²) in [5, 5.41) is 0. The molecule has 2 amide bonds. The summed E-state index contributed by atoms with van der Waals surface area (Å²) < 4.78 is 0. The van der Waals surface area contributed by atoms with Crippen molar-refractivity contribution in [1.82, 2.24) is 19.8 Å². The van der Waals surface area contributed by atoms with E-state index in [1.165, 1.54) is 0 Å². The summed E-state index contributed by atoms with van der Waals surface area (Å²) in [6.07, 6.45) is 7.63. The molecule has 2 atom stereocenters. The molecule has 2 aliphatic heterocycles. The van der Waals surface area contributed by atoms with Crippen LogP contribution < -0.4 is 0 Å². The first-order valence-corrected chi connectivity index (χ1v) is 9.84. The minimum absolute atomic E-state index is 0.0524. The Morgan fingerprint density at radius 3 is 2.70 bits per heavy atom. The fourth-order valence-corrected chi connectivity index (χ4v) is 4.31. The van der Waals surface area contributed by atoms with Crippen LogP contribution in [-0.2, 0) is 16.0 Å². The molecule has 0 saturated carbocycles. The largest absolute Gasteiger partial charge is 0.348 e. The summed E-state index contributed by atoms with van der Waals surface area (Å²) in [5.74, 6) is 1.37. The molecular weight excluding hydrogens is 340 g/mol. The lowest BCUT2D eigenvalue weighted by Gasteiger charge is -2.35. The van der Waals surface area contributed by atoms with Gasteiger partial charge in [0.1, 0.15) is 11.9 Å². The number of piperidine rings is 1. The average molecular weight is 366 g/mol. The smallest absolute Gasteiger partial charge is 0.245 e. The number of imidazole rings is 1. The zero-order valence-corrected chi connectivity index (χ0v) is 15.5. The molecule has 2 fully saturated rings. The van der Waals surface area contributed by atoms with Crippen LogP contribution in [0, 0.1) is 0 Å². The van der Waals surface area contributed by atoms with Gasteiger partial charge in [0, 0.05) is 37.9 Å². The molecule has 0 bridgehead atoms. The first-order valence-electron chi connectivity index (χ1n) is 9.84. The van der Waals surface area contributed by atoms with Gasteiger partial charge in [-0.25, -0.2) is 4.98 Å². The molecule has 1 aromatic carbocycles. The fraction of sp³-hybridized carbons (Fsp3) is 0.476. The highest BCUT2D eigenvalue weighted by molar-refractivity contribution is 5.89. The van der Waals surface area contributed by atoms with E-state index >= 15 is 0 Å². The summed E-state index contributed by atoms with van der Waals surface area (Å²) >= 11 is 0. The fourth-order valence-electron chi connectivity index (χ4n) is 4.31. The maximum Gasteiger partial charge on any atom is 0.245 e. The van der Waals surface area contributed by atoms with Crippen LogP contribution in [0.4, 0.5) is 0 Å². The second kappa shape index (κ2) is 7.94. The van der Waals surface area contributed by atoms with Crippen molar-refractivity contribution < 1.29 is 9.59 Å². The molecule has 1 N–H and O–H groups in total. The van der Waals surface area contributed by atoms with E-state index in [1.807, 2.05) is 41.4 Å². The number of nitrogens with zero attached hydrogens (tertiary/aromatic N) is 3. The molecule has 2 unspecified atom stereocenters. The maximum absolute atomic E-state index is 13.2. The molecule has 0 aliphatic carbocycles. The van der Waals surface area contributed by atoms with Crippen LogP contribution in [0.2, 0.25) is 0 Å². The standard InChI is InChI=1S/C21H26N4O2/c26-19(14-16-6-2-1-3-7-16)25-13-5-9-18(25)21(27)24-12-4-8-17(15-24)20-22-10-11-23-20/h1-3,6-7,10-11,17-18H,4-5,8-9,12-15H2,(H,22,23). The van der Waals surface area contributed by atoms with Crippen molar-refractivity contribution in [2.45, 2.75) is 44.1 Å². The molecule has 142 valence electrons. The van der Waals surface area contributed by atoms with Crippen LogP contribution >= 0.6 is 0 Å². The zero-order valence-electron chi connectivity index (χ0n) is 15.5. The Bertz CT molecular complexity index is 775. The maximum atomic E-state index is 13.2. The number of rotatable bonds is 4. The van der Waals surface area contributed by atoms with Gasteiger partial charge in [-0.15, -0.1) is 0 Å². The highest BCUT2D eigenvalue weighted by Crippen LogP contribution is 2.27. The third-order valence-corrected chi connectivity index (χ3v) is 5.70. The van der Waals surface area contributed by atoms with Crippen LogP contribution in [0.5, 0.6) is 0 Å². The Kier molecular flexibility index (Phi) is 5.23. The first-order chi connectivity index (χ1) is 13.2. The van der Waals surface area contributed by atoms with Crippen molar-refractivity contribution in [3.8, 4) is 0 Å². The second-order valence-electron chi connectivity index (χ2n) is 7.51. The lowest BCUT2D eigenvalue weighted by atomic mass is 9.96. The highest BCUT2D eigenvalue weighted by atomic mass is 16.2. The van der Waals surface area contributed by atoms with Gasteiger partial charge < -0.3 is 14.8 Å².